The zero-order valence-electron chi connectivity index (χ0n) is 10.7. The van der Waals surface area contributed by atoms with Crippen molar-refractivity contribution < 1.29 is 13.2 Å². The lowest BCUT2D eigenvalue weighted by atomic mass is 10.3. The summed E-state index contributed by atoms with van der Waals surface area (Å²) in [4.78, 5) is 0. The first-order valence-electron chi connectivity index (χ1n) is 6.00. The molecule has 7 nitrogen and oxygen atoms in total. The van der Waals surface area contributed by atoms with Crippen LogP contribution in [-0.2, 0) is 16.6 Å². The van der Waals surface area contributed by atoms with Crippen LogP contribution >= 0.6 is 0 Å². The summed E-state index contributed by atoms with van der Waals surface area (Å²) in [6, 6.07) is 8.64. The smallest absolute Gasteiger partial charge is 0.215 e. The van der Waals surface area contributed by atoms with Crippen LogP contribution in [0.1, 0.15) is 5.69 Å². The van der Waals surface area contributed by atoms with E-state index in [1.54, 1.807) is 36.5 Å². The molecule has 0 saturated carbocycles. The van der Waals surface area contributed by atoms with Crippen LogP contribution in [0.15, 0.2) is 36.5 Å². The van der Waals surface area contributed by atoms with E-state index in [1.807, 2.05) is 0 Å². The molecule has 0 saturated heterocycles. The first-order valence-corrected chi connectivity index (χ1v) is 7.65. The molecular weight excluding hydrogens is 280 g/mol. The maximum Gasteiger partial charge on any atom is 0.215 e. The quantitative estimate of drug-likeness (QED) is 0.644. The van der Waals surface area contributed by atoms with Crippen molar-refractivity contribution in [3.8, 4) is 5.75 Å². The highest BCUT2D eigenvalue weighted by molar-refractivity contribution is 7.89. The van der Waals surface area contributed by atoms with Gasteiger partial charge >= 0.3 is 0 Å². The number of sulfonamides is 1. The van der Waals surface area contributed by atoms with Crippen molar-refractivity contribution in [1.29, 1.82) is 0 Å². The predicted molar refractivity (Wildman–Crippen MR) is 75.6 cm³/mol. The number of aromatic amines is 1. The molecule has 0 bridgehead atoms. The zero-order chi connectivity index (χ0) is 14.4. The van der Waals surface area contributed by atoms with Crippen molar-refractivity contribution in [2.45, 2.75) is 6.54 Å². The maximum atomic E-state index is 11.7. The molecule has 0 amide bonds. The minimum absolute atomic E-state index is 0.0342. The number of nitrogen functional groups attached to an aromatic ring is 1. The van der Waals surface area contributed by atoms with Crippen LogP contribution < -0.4 is 15.2 Å². The molecule has 0 radical (unpaired) electrons. The Kier molecular flexibility index (Phi) is 4.59. The van der Waals surface area contributed by atoms with E-state index in [0.717, 1.165) is 0 Å². The molecule has 20 heavy (non-hydrogen) atoms. The fraction of sp³-hybridized carbons (Fsp3) is 0.250. The van der Waals surface area contributed by atoms with Gasteiger partial charge in [0.15, 0.2) is 0 Å². The molecule has 0 aliphatic rings. The van der Waals surface area contributed by atoms with Crippen molar-refractivity contribution in [2.24, 2.45) is 0 Å². The van der Waals surface area contributed by atoms with Crippen LogP contribution in [0.4, 0.5) is 5.69 Å². The lowest BCUT2D eigenvalue weighted by Gasteiger charge is -2.09. The number of benzene rings is 1. The number of hydrogen-bond donors (Lipinski definition) is 3. The second-order valence-corrected chi connectivity index (χ2v) is 6.03. The fourth-order valence-corrected chi connectivity index (χ4v) is 2.34. The van der Waals surface area contributed by atoms with Crippen molar-refractivity contribution in [2.75, 3.05) is 18.1 Å². The SMILES string of the molecule is Nc1ccccc1OCCS(=O)(=O)NCc1ccn[nH]1. The lowest BCUT2D eigenvalue weighted by molar-refractivity contribution is 0.342. The summed E-state index contributed by atoms with van der Waals surface area (Å²) < 4.78 is 31.3. The Morgan fingerprint density at radius 2 is 2.10 bits per heavy atom. The monoisotopic (exact) mass is 296 g/mol. The maximum absolute atomic E-state index is 11.7. The molecule has 1 aromatic heterocycles. The van der Waals surface area contributed by atoms with Crippen LogP contribution in [0.5, 0.6) is 5.75 Å². The minimum Gasteiger partial charge on any atom is -0.490 e. The summed E-state index contributed by atoms with van der Waals surface area (Å²) in [5, 5.41) is 6.41. The van der Waals surface area contributed by atoms with Crippen LogP contribution in [0.2, 0.25) is 0 Å². The summed E-state index contributed by atoms with van der Waals surface area (Å²) in [6.07, 6.45) is 1.56. The Hall–Kier alpha value is -2.06. The van der Waals surface area contributed by atoms with Gasteiger partial charge in [-0.1, -0.05) is 12.1 Å². The Morgan fingerprint density at radius 3 is 2.80 bits per heavy atom. The molecule has 8 heteroatoms. The minimum atomic E-state index is -3.40. The number of nitrogens with zero attached hydrogens (tertiary/aromatic N) is 1. The first kappa shape index (κ1) is 14.4. The molecule has 4 N–H and O–H groups in total. The van der Waals surface area contributed by atoms with Crippen molar-refractivity contribution in [3.05, 3.63) is 42.2 Å². The number of ether oxygens (including phenoxy) is 1. The van der Waals surface area contributed by atoms with Crippen molar-refractivity contribution >= 4 is 15.7 Å². The van der Waals surface area contributed by atoms with Gasteiger partial charge in [0.2, 0.25) is 10.0 Å². The van der Waals surface area contributed by atoms with E-state index in [1.165, 1.54) is 0 Å². The summed E-state index contributed by atoms with van der Waals surface area (Å²) >= 11 is 0. The average Bonchev–Trinajstić information content (AvgIpc) is 2.92. The fourth-order valence-electron chi connectivity index (χ4n) is 1.52. The van der Waals surface area contributed by atoms with Crippen LogP contribution in [-0.4, -0.2) is 31.0 Å². The third kappa shape index (κ3) is 4.25. The van der Waals surface area contributed by atoms with Crippen LogP contribution in [0.25, 0.3) is 0 Å². The Bertz CT molecular complexity index is 640. The van der Waals surface area contributed by atoms with Crippen LogP contribution in [0, 0.1) is 0 Å². The predicted octanol–water partition coefficient (Wildman–Crippen LogP) is 0.490. The highest BCUT2D eigenvalue weighted by Gasteiger charge is 2.11. The van der Waals surface area contributed by atoms with Gasteiger partial charge in [-0.2, -0.15) is 5.10 Å². The molecule has 1 aromatic carbocycles. The van der Waals surface area contributed by atoms with Crippen molar-refractivity contribution in [1.82, 2.24) is 14.9 Å². The van der Waals surface area contributed by atoms with Crippen molar-refractivity contribution in [3.63, 3.8) is 0 Å². The molecule has 1 heterocycles. The van der Waals surface area contributed by atoms with E-state index in [4.69, 9.17) is 10.5 Å². The van der Waals surface area contributed by atoms with Gasteiger partial charge in [0.1, 0.15) is 12.4 Å². The van der Waals surface area contributed by atoms with Gasteiger partial charge in [-0.15, -0.1) is 0 Å². The summed E-state index contributed by atoms with van der Waals surface area (Å²) in [6.45, 7) is 0.211. The molecule has 0 aliphatic carbocycles. The molecule has 108 valence electrons. The largest absolute Gasteiger partial charge is 0.490 e. The number of rotatable bonds is 7. The topological polar surface area (TPSA) is 110 Å². The molecule has 2 aromatic rings. The Labute approximate surface area is 117 Å². The molecule has 0 aliphatic heterocycles. The second-order valence-electron chi connectivity index (χ2n) is 4.11. The number of nitrogens with one attached hydrogen (secondary N) is 2. The standard InChI is InChI=1S/C12H16N4O3S/c13-11-3-1-2-4-12(11)19-7-8-20(17,18)15-9-10-5-6-14-16-10/h1-6,15H,7-9,13H2,(H,14,16). The second kappa shape index (κ2) is 6.40. The summed E-state index contributed by atoms with van der Waals surface area (Å²) in [7, 11) is -3.40. The third-order valence-corrected chi connectivity index (χ3v) is 3.86. The van der Waals surface area contributed by atoms with Gasteiger partial charge in [-0.25, -0.2) is 13.1 Å². The van der Waals surface area contributed by atoms with E-state index in [9.17, 15) is 8.42 Å². The van der Waals surface area contributed by atoms with Gasteiger partial charge in [-0.3, -0.25) is 5.10 Å². The number of H-pyrrole nitrogens is 1. The zero-order valence-corrected chi connectivity index (χ0v) is 11.6. The molecule has 0 fully saturated rings. The lowest BCUT2D eigenvalue weighted by Crippen LogP contribution is -2.28. The van der Waals surface area contributed by atoms with E-state index >= 15 is 0 Å². The number of hydrogen-bond acceptors (Lipinski definition) is 5. The Morgan fingerprint density at radius 1 is 1.30 bits per heavy atom. The highest BCUT2D eigenvalue weighted by Crippen LogP contribution is 2.19. The van der Waals surface area contributed by atoms with E-state index in [-0.39, 0.29) is 18.9 Å². The van der Waals surface area contributed by atoms with Gasteiger partial charge < -0.3 is 10.5 Å². The number of para-hydroxylation sites is 2. The normalized spacial score (nSPS) is 11.4. The third-order valence-electron chi connectivity index (χ3n) is 2.57. The molecular formula is C12H16N4O3S. The van der Waals surface area contributed by atoms with Gasteiger partial charge in [0.05, 0.1) is 23.7 Å². The van der Waals surface area contributed by atoms with Crippen LogP contribution in [0.3, 0.4) is 0 Å². The van der Waals surface area contributed by atoms with Gasteiger partial charge in [0.25, 0.3) is 0 Å². The molecule has 0 unspecified atom stereocenters. The van der Waals surface area contributed by atoms with E-state index < -0.39 is 10.0 Å². The van der Waals surface area contributed by atoms with E-state index in [0.29, 0.717) is 17.1 Å². The molecule has 0 spiro atoms. The molecule has 2 rings (SSSR count). The number of nitrogens with two attached hydrogens (primary N) is 1. The molecule has 0 atom stereocenters. The highest BCUT2D eigenvalue weighted by atomic mass is 32.2. The number of aromatic nitrogens is 2. The van der Waals surface area contributed by atoms with Gasteiger partial charge in [0, 0.05) is 6.20 Å². The first-order chi connectivity index (χ1) is 9.57. The Balaban J connectivity index is 1.79. The number of anilines is 1. The summed E-state index contributed by atoms with van der Waals surface area (Å²) in [5.74, 6) is 0.339. The van der Waals surface area contributed by atoms with Gasteiger partial charge in [-0.05, 0) is 18.2 Å². The summed E-state index contributed by atoms with van der Waals surface area (Å²) in [5.41, 5.74) is 6.87. The average molecular weight is 296 g/mol. The van der Waals surface area contributed by atoms with E-state index in [2.05, 4.69) is 14.9 Å².